The summed E-state index contributed by atoms with van der Waals surface area (Å²) < 4.78 is 0. The number of carbonyl (C=O) groups is 3. The molecule has 176 valence electrons. The minimum Gasteiger partial charge on any atom is -0.390 e. The number of primary amides is 1. The van der Waals surface area contributed by atoms with Crippen molar-refractivity contribution in [3.8, 4) is 0 Å². The summed E-state index contributed by atoms with van der Waals surface area (Å²) in [6.07, 6.45) is -0.386. The van der Waals surface area contributed by atoms with Crippen LogP contribution in [0.25, 0.3) is 0 Å². The van der Waals surface area contributed by atoms with Crippen LogP contribution in [0.2, 0.25) is 0 Å². The number of nitrogens with one attached hydrogen (secondary N) is 3. The van der Waals surface area contributed by atoms with Crippen molar-refractivity contribution in [1.82, 2.24) is 16.0 Å². The van der Waals surface area contributed by atoms with Crippen LogP contribution in [0.4, 0.5) is 0 Å². The lowest BCUT2D eigenvalue weighted by Crippen LogP contribution is -2.55. The molecule has 7 N–H and O–H groups in total. The van der Waals surface area contributed by atoms with E-state index in [0.29, 0.717) is 6.42 Å². The first kappa shape index (κ1) is 25.5. The highest BCUT2D eigenvalue weighted by atomic mass is 16.3. The molecular weight excluding hydrogens is 412 g/mol. The van der Waals surface area contributed by atoms with Crippen molar-refractivity contribution in [3.05, 3.63) is 47.5 Å². The van der Waals surface area contributed by atoms with Crippen molar-refractivity contribution in [3.63, 3.8) is 0 Å². The van der Waals surface area contributed by atoms with Gasteiger partial charge >= 0.3 is 0 Å². The normalized spacial score (nSPS) is 22.6. The molecule has 9 nitrogen and oxygen atoms in total. The molecule has 5 unspecified atom stereocenters. The average molecular weight is 447 g/mol. The van der Waals surface area contributed by atoms with E-state index in [1.54, 1.807) is 7.05 Å². The first-order valence-electron chi connectivity index (χ1n) is 10.8. The minimum atomic E-state index is -1.26. The fourth-order valence-electron chi connectivity index (χ4n) is 3.68. The molecule has 0 spiro atoms. The number of rotatable bonds is 10. The Hall–Kier alpha value is -2.75. The van der Waals surface area contributed by atoms with E-state index < -0.39 is 42.1 Å². The van der Waals surface area contributed by atoms with E-state index in [-0.39, 0.29) is 30.2 Å². The number of benzene rings is 1. The summed E-state index contributed by atoms with van der Waals surface area (Å²) in [5.41, 5.74) is 6.46. The number of hydrogen-bond acceptors (Lipinski definition) is 6. The Bertz CT molecular complexity index is 827. The Morgan fingerprint density at radius 3 is 2.34 bits per heavy atom. The number of likely N-dealkylation sites (N-methyl/N-ethyl adjacent to an activating group) is 1. The van der Waals surface area contributed by atoms with Crippen molar-refractivity contribution in [2.24, 2.45) is 11.7 Å². The summed E-state index contributed by atoms with van der Waals surface area (Å²) in [6.45, 7) is 3.98. The molecule has 9 heteroatoms. The van der Waals surface area contributed by atoms with Gasteiger partial charge in [0.25, 0.3) is 0 Å². The summed E-state index contributed by atoms with van der Waals surface area (Å²) >= 11 is 0. The fraction of sp³-hybridized carbons (Fsp3) is 0.522. The largest absolute Gasteiger partial charge is 0.390 e. The summed E-state index contributed by atoms with van der Waals surface area (Å²) in [4.78, 5) is 37.3. The summed E-state index contributed by atoms with van der Waals surface area (Å²) in [5, 5.41) is 28.9. The van der Waals surface area contributed by atoms with E-state index in [0.717, 1.165) is 5.56 Å². The molecule has 1 aliphatic carbocycles. The number of hydrogen-bond donors (Lipinski definition) is 6. The van der Waals surface area contributed by atoms with Gasteiger partial charge in [0, 0.05) is 18.4 Å². The van der Waals surface area contributed by atoms with Crippen LogP contribution in [0, 0.1) is 5.92 Å². The summed E-state index contributed by atoms with van der Waals surface area (Å²) in [6, 6.07) is 6.76. The quantitative estimate of drug-likeness (QED) is 0.281. The predicted octanol–water partition coefficient (Wildman–Crippen LogP) is -0.630. The van der Waals surface area contributed by atoms with Gasteiger partial charge < -0.3 is 31.9 Å². The molecule has 0 saturated carbocycles. The number of aliphatic hydroxyl groups is 2. The Morgan fingerprint density at radius 2 is 1.78 bits per heavy atom. The van der Waals surface area contributed by atoms with Gasteiger partial charge in [0.15, 0.2) is 0 Å². The maximum Gasteiger partial charge on any atom is 0.247 e. The predicted molar refractivity (Wildman–Crippen MR) is 120 cm³/mol. The van der Waals surface area contributed by atoms with E-state index in [4.69, 9.17) is 5.73 Å². The molecule has 2 rings (SSSR count). The molecule has 0 fully saturated rings. The van der Waals surface area contributed by atoms with Crippen molar-refractivity contribution < 1.29 is 24.6 Å². The first-order valence-corrected chi connectivity index (χ1v) is 10.8. The molecule has 32 heavy (non-hydrogen) atoms. The second-order valence-electron chi connectivity index (χ2n) is 8.58. The average Bonchev–Trinajstić information content (AvgIpc) is 2.74. The maximum absolute atomic E-state index is 12.8. The van der Waals surface area contributed by atoms with E-state index >= 15 is 0 Å². The summed E-state index contributed by atoms with van der Waals surface area (Å²) in [7, 11) is 1.67. The van der Waals surface area contributed by atoms with Crippen LogP contribution in [0.5, 0.6) is 0 Å². The fourth-order valence-corrected chi connectivity index (χ4v) is 3.68. The molecule has 1 aromatic rings. The van der Waals surface area contributed by atoms with Crippen molar-refractivity contribution in [2.45, 2.75) is 63.4 Å². The second-order valence-corrected chi connectivity index (χ2v) is 8.58. The van der Waals surface area contributed by atoms with Crippen LogP contribution in [0.3, 0.4) is 0 Å². The molecule has 0 radical (unpaired) electrons. The molecule has 0 aliphatic heterocycles. The number of nitrogens with two attached hydrogens (primary N) is 1. The van der Waals surface area contributed by atoms with E-state index in [1.165, 1.54) is 6.08 Å². The molecule has 0 heterocycles. The molecule has 1 aliphatic rings. The molecule has 0 aromatic heterocycles. The lowest BCUT2D eigenvalue weighted by Gasteiger charge is -2.32. The molecule has 3 amide bonds. The van der Waals surface area contributed by atoms with Gasteiger partial charge in [0.1, 0.15) is 12.1 Å². The van der Waals surface area contributed by atoms with Gasteiger partial charge in [-0.05, 0) is 24.9 Å². The first-order chi connectivity index (χ1) is 15.1. The van der Waals surface area contributed by atoms with Gasteiger partial charge in [-0.15, -0.1) is 0 Å². The monoisotopic (exact) mass is 446 g/mol. The standard InChI is InChI=1S/C23H34N4O5/c1-13(2)9-18(25-3)23(32)26-16-11-15(12-19(28)20(16)29)22(31)27-17(21(24)30)10-14-7-5-4-6-8-14/h4-8,11,13,16-20,25,28-29H,9-10,12H2,1-3H3,(H2,24,30)(H,26,32)(H,27,31). The van der Waals surface area contributed by atoms with Gasteiger partial charge in [0.05, 0.1) is 18.2 Å². The van der Waals surface area contributed by atoms with E-state index in [2.05, 4.69) is 16.0 Å². The number of carbonyl (C=O) groups excluding carboxylic acids is 3. The third-order valence-corrected chi connectivity index (χ3v) is 5.48. The highest BCUT2D eigenvalue weighted by Gasteiger charge is 2.35. The zero-order chi connectivity index (χ0) is 23.8. The van der Waals surface area contributed by atoms with Crippen LogP contribution in [-0.2, 0) is 20.8 Å². The third-order valence-electron chi connectivity index (χ3n) is 5.48. The molecule has 1 aromatic carbocycles. The van der Waals surface area contributed by atoms with E-state index in [9.17, 15) is 24.6 Å². The van der Waals surface area contributed by atoms with Gasteiger partial charge in [0.2, 0.25) is 17.7 Å². The van der Waals surface area contributed by atoms with Crippen molar-refractivity contribution in [1.29, 1.82) is 0 Å². The van der Waals surface area contributed by atoms with Crippen molar-refractivity contribution >= 4 is 17.7 Å². The maximum atomic E-state index is 12.8. The molecule has 0 saturated heterocycles. The van der Waals surface area contributed by atoms with Gasteiger partial charge in [-0.2, -0.15) is 0 Å². The minimum absolute atomic E-state index is 0.113. The van der Waals surface area contributed by atoms with Gasteiger partial charge in [-0.25, -0.2) is 0 Å². The molecule has 0 bridgehead atoms. The van der Waals surface area contributed by atoms with Crippen LogP contribution in [-0.4, -0.2) is 65.3 Å². The van der Waals surface area contributed by atoms with Crippen LogP contribution < -0.4 is 21.7 Å². The smallest absolute Gasteiger partial charge is 0.247 e. The Morgan fingerprint density at radius 1 is 1.12 bits per heavy atom. The van der Waals surface area contributed by atoms with Crippen LogP contribution >= 0.6 is 0 Å². The zero-order valence-electron chi connectivity index (χ0n) is 18.7. The lowest BCUT2D eigenvalue weighted by atomic mass is 9.89. The third kappa shape index (κ3) is 7.15. The van der Waals surface area contributed by atoms with Crippen LogP contribution in [0.1, 0.15) is 32.3 Å². The highest BCUT2D eigenvalue weighted by Crippen LogP contribution is 2.21. The highest BCUT2D eigenvalue weighted by molar-refractivity contribution is 5.97. The number of amides is 3. The second kappa shape index (κ2) is 11.8. The van der Waals surface area contributed by atoms with Crippen molar-refractivity contribution in [2.75, 3.05) is 7.05 Å². The SMILES string of the molecule is CNC(CC(C)C)C(=O)NC1C=C(C(=O)NC(Cc2ccccc2)C(N)=O)CC(O)C1O. The van der Waals surface area contributed by atoms with Gasteiger partial charge in [-0.1, -0.05) is 50.3 Å². The Kier molecular flexibility index (Phi) is 9.37. The van der Waals surface area contributed by atoms with E-state index in [1.807, 2.05) is 44.2 Å². The summed E-state index contributed by atoms with van der Waals surface area (Å²) in [5.74, 6) is -1.33. The Balaban J connectivity index is 2.13. The zero-order valence-corrected chi connectivity index (χ0v) is 18.7. The molecular formula is C23H34N4O5. The Labute approximate surface area is 188 Å². The lowest BCUT2D eigenvalue weighted by molar-refractivity contribution is -0.126. The van der Waals surface area contributed by atoms with Gasteiger partial charge in [-0.3, -0.25) is 14.4 Å². The molecule has 5 atom stereocenters. The number of aliphatic hydroxyl groups excluding tert-OH is 2. The topological polar surface area (TPSA) is 154 Å². The van der Waals surface area contributed by atoms with Crippen LogP contribution in [0.15, 0.2) is 42.0 Å².